The Morgan fingerprint density at radius 2 is 1.84 bits per heavy atom. The van der Waals surface area contributed by atoms with Crippen molar-refractivity contribution in [2.45, 2.75) is 20.4 Å². The number of hydrogen-bond acceptors (Lipinski definition) is 6. The third-order valence-electron chi connectivity index (χ3n) is 5.06. The van der Waals surface area contributed by atoms with E-state index in [-0.39, 0.29) is 23.7 Å². The zero-order valence-electron chi connectivity index (χ0n) is 17.6. The van der Waals surface area contributed by atoms with E-state index in [2.05, 4.69) is 0 Å². The molecule has 1 aromatic heterocycles. The topological polar surface area (TPSA) is 85.6 Å². The van der Waals surface area contributed by atoms with Gasteiger partial charge in [-0.05, 0) is 37.6 Å². The average Bonchev–Trinajstić information content (AvgIpc) is 3.23. The van der Waals surface area contributed by atoms with Crippen molar-refractivity contribution < 1.29 is 14.5 Å². The highest BCUT2D eigenvalue weighted by atomic mass is 32.1. The molecule has 0 saturated heterocycles. The first-order chi connectivity index (χ1) is 15.5. The van der Waals surface area contributed by atoms with Crippen molar-refractivity contribution in [1.82, 2.24) is 4.98 Å². The van der Waals surface area contributed by atoms with Gasteiger partial charge in [-0.1, -0.05) is 53.8 Å². The van der Waals surface area contributed by atoms with E-state index in [0.29, 0.717) is 28.6 Å². The molecule has 7 nitrogen and oxygen atoms in total. The summed E-state index contributed by atoms with van der Waals surface area (Å²) in [4.78, 5) is 30.9. The second-order valence-electron chi connectivity index (χ2n) is 7.12. The molecule has 0 aliphatic heterocycles. The minimum absolute atomic E-state index is 0.0848. The van der Waals surface area contributed by atoms with Crippen LogP contribution >= 0.6 is 11.3 Å². The summed E-state index contributed by atoms with van der Waals surface area (Å²) in [5.74, 6) is 0.318. The van der Waals surface area contributed by atoms with Crippen LogP contribution in [-0.4, -0.2) is 22.4 Å². The van der Waals surface area contributed by atoms with Crippen LogP contribution in [0.25, 0.3) is 10.2 Å². The summed E-state index contributed by atoms with van der Waals surface area (Å²) in [5.41, 5.74) is 2.14. The molecule has 1 heterocycles. The number of anilines is 1. The maximum atomic E-state index is 13.7. The summed E-state index contributed by atoms with van der Waals surface area (Å²) < 4.78 is 6.60. The SMILES string of the molecule is CCOc1cccc2sc(N(Cc3ccccc3)C(=O)c3cccc([N+](=O)[O-])c3C)nc12. The molecule has 1 amide bonds. The van der Waals surface area contributed by atoms with Crippen molar-refractivity contribution >= 4 is 38.3 Å². The number of nitrogens with zero attached hydrogens (tertiary/aromatic N) is 3. The van der Waals surface area contributed by atoms with Gasteiger partial charge in [0.15, 0.2) is 5.13 Å². The molecule has 0 spiro atoms. The molecule has 0 saturated carbocycles. The smallest absolute Gasteiger partial charge is 0.273 e. The second kappa shape index (κ2) is 9.15. The number of hydrogen-bond donors (Lipinski definition) is 0. The van der Waals surface area contributed by atoms with Crippen molar-refractivity contribution in [3.05, 3.63) is 93.5 Å². The number of nitro benzene ring substituents is 1. The molecule has 0 bridgehead atoms. The van der Waals surface area contributed by atoms with E-state index >= 15 is 0 Å². The maximum Gasteiger partial charge on any atom is 0.273 e. The summed E-state index contributed by atoms with van der Waals surface area (Å²) in [6.45, 7) is 4.29. The summed E-state index contributed by atoms with van der Waals surface area (Å²) in [6, 6.07) is 19.8. The number of ether oxygens (including phenoxy) is 1. The normalized spacial score (nSPS) is 10.8. The number of thiazole rings is 1. The molecule has 4 aromatic rings. The molecule has 0 atom stereocenters. The lowest BCUT2D eigenvalue weighted by Crippen LogP contribution is -2.31. The van der Waals surface area contributed by atoms with Crippen molar-refractivity contribution in [1.29, 1.82) is 0 Å². The Kier molecular flexibility index (Phi) is 6.13. The van der Waals surface area contributed by atoms with E-state index < -0.39 is 4.92 Å². The number of fused-ring (bicyclic) bond motifs is 1. The van der Waals surface area contributed by atoms with Gasteiger partial charge < -0.3 is 4.74 Å². The molecule has 0 radical (unpaired) electrons. The molecule has 0 aliphatic carbocycles. The van der Waals surface area contributed by atoms with Crippen molar-refractivity contribution in [2.24, 2.45) is 0 Å². The zero-order chi connectivity index (χ0) is 22.7. The van der Waals surface area contributed by atoms with Gasteiger partial charge in [0.25, 0.3) is 11.6 Å². The number of nitro groups is 1. The fourth-order valence-corrected chi connectivity index (χ4v) is 4.47. The third kappa shape index (κ3) is 4.17. The molecule has 3 aromatic carbocycles. The van der Waals surface area contributed by atoms with E-state index in [1.807, 2.05) is 55.5 Å². The Hall–Kier alpha value is -3.78. The van der Waals surface area contributed by atoms with Crippen molar-refractivity contribution in [2.75, 3.05) is 11.5 Å². The highest BCUT2D eigenvalue weighted by Gasteiger charge is 2.26. The minimum atomic E-state index is -0.473. The number of amides is 1. The first kappa shape index (κ1) is 21.5. The summed E-state index contributed by atoms with van der Waals surface area (Å²) in [5, 5.41) is 11.9. The highest BCUT2D eigenvalue weighted by Crippen LogP contribution is 2.36. The van der Waals surface area contributed by atoms with Crippen LogP contribution in [0.3, 0.4) is 0 Å². The standard InChI is InChI=1S/C24H21N3O4S/c1-3-31-20-13-8-14-21-22(20)25-24(32-21)26(15-17-9-5-4-6-10-17)23(28)18-11-7-12-19(16(18)2)27(29)30/h4-14H,3,15H2,1-2H3. The molecular weight excluding hydrogens is 426 g/mol. The van der Waals surface area contributed by atoms with Gasteiger partial charge >= 0.3 is 0 Å². The van der Waals surface area contributed by atoms with Gasteiger partial charge in [-0.3, -0.25) is 19.8 Å². The number of benzene rings is 3. The predicted octanol–water partition coefficient (Wildman–Crippen LogP) is 5.76. The van der Waals surface area contributed by atoms with E-state index in [1.54, 1.807) is 17.9 Å². The summed E-state index contributed by atoms with van der Waals surface area (Å²) in [7, 11) is 0. The van der Waals surface area contributed by atoms with Crippen LogP contribution in [0.15, 0.2) is 66.7 Å². The lowest BCUT2D eigenvalue weighted by Gasteiger charge is -2.21. The van der Waals surface area contributed by atoms with Crippen LogP contribution in [0.2, 0.25) is 0 Å². The van der Waals surface area contributed by atoms with Gasteiger partial charge in [0.1, 0.15) is 11.3 Å². The van der Waals surface area contributed by atoms with Gasteiger partial charge in [0.2, 0.25) is 0 Å². The van der Waals surface area contributed by atoms with Crippen molar-refractivity contribution in [3.8, 4) is 5.75 Å². The highest BCUT2D eigenvalue weighted by molar-refractivity contribution is 7.22. The summed E-state index contributed by atoms with van der Waals surface area (Å²) in [6.07, 6.45) is 0. The van der Waals surface area contributed by atoms with E-state index in [1.165, 1.54) is 23.5 Å². The van der Waals surface area contributed by atoms with Crippen molar-refractivity contribution in [3.63, 3.8) is 0 Å². The molecule has 8 heteroatoms. The van der Waals surface area contributed by atoms with E-state index in [9.17, 15) is 14.9 Å². The lowest BCUT2D eigenvalue weighted by molar-refractivity contribution is -0.385. The Balaban J connectivity index is 1.82. The van der Waals surface area contributed by atoms with E-state index in [0.717, 1.165) is 10.3 Å². The largest absolute Gasteiger partial charge is 0.492 e. The fourth-order valence-electron chi connectivity index (χ4n) is 3.49. The van der Waals surface area contributed by atoms with Crippen LogP contribution in [0.1, 0.15) is 28.4 Å². The second-order valence-corrected chi connectivity index (χ2v) is 8.13. The average molecular weight is 448 g/mol. The first-order valence-electron chi connectivity index (χ1n) is 10.1. The predicted molar refractivity (Wildman–Crippen MR) is 126 cm³/mol. The van der Waals surface area contributed by atoms with Crippen LogP contribution < -0.4 is 9.64 Å². The van der Waals surface area contributed by atoms with Gasteiger partial charge in [-0.2, -0.15) is 0 Å². The number of rotatable bonds is 7. The molecule has 32 heavy (non-hydrogen) atoms. The number of para-hydroxylation sites is 1. The first-order valence-corrected chi connectivity index (χ1v) is 10.9. The number of carbonyl (C=O) groups excluding carboxylic acids is 1. The minimum Gasteiger partial charge on any atom is -0.492 e. The van der Waals surface area contributed by atoms with Crippen LogP contribution in [0.5, 0.6) is 5.75 Å². The Bertz CT molecular complexity index is 1290. The molecule has 0 N–H and O–H groups in total. The summed E-state index contributed by atoms with van der Waals surface area (Å²) >= 11 is 1.38. The van der Waals surface area contributed by atoms with Gasteiger partial charge in [-0.15, -0.1) is 0 Å². The van der Waals surface area contributed by atoms with Gasteiger partial charge in [-0.25, -0.2) is 4.98 Å². The maximum absolute atomic E-state index is 13.7. The molecule has 0 aliphatic rings. The Morgan fingerprint density at radius 3 is 2.56 bits per heavy atom. The fraction of sp³-hybridized carbons (Fsp3) is 0.167. The van der Waals surface area contributed by atoms with Gasteiger partial charge in [0.05, 0.1) is 22.8 Å². The van der Waals surface area contributed by atoms with Crippen LogP contribution in [0, 0.1) is 17.0 Å². The Labute approximate surface area is 189 Å². The lowest BCUT2D eigenvalue weighted by atomic mass is 10.1. The number of carbonyl (C=O) groups is 1. The molecule has 4 rings (SSSR count). The van der Waals surface area contributed by atoms with Crippen LogP contribution in [0.4, 0.5) is 10.8 Å². The molecule has 0 fully saturated rings. The third-order valence-corrected chi connectivity index (χ3v) is 6.11. The monoisotopic (exact) mass is 447 g/mol. The van der Waals surface area contributed by atoms with E-state index in [4.69, 9.17) is 9.72 Å². The Morgan fingerprint density at radius 1 is 1.09 bits per heavy atom. The van der Waals surface area contributed by atoms with Crippen LogP contribution in [-0.2, 0) is 6.54 Å². The number of aromatic nitrogens is 1. The zero-order valence-corrected chi connectivity index (χ0v) is 18.5. The molecular formula is C24H21N3O4S. The molecule has 0 unspecified atom stereocenters. The van der Waals surface area contributed by atoms with Gasteiger partial charge in [0, 0.05) is 17.2 Å². The molecule has 162 valence electrons. The quantitative estimate of drug-likeness (QED) is 0.266.